The second-order valence-electron chi connectivity index (χ2n) is 13.3. The van der Waals surface area contributed by atoms with E-state index >= 15 is 0 Å². The second-order valence-corrected chi connectivity index (χ2v) is 13.3. The van der Waals surface area contributed by atoms with Crippen LogP contribution in [0.3, 0.4) is 0 Å². The molecule has 3 aliphatic heterocycles. The van der Waals surface area contributed by atoms with E-state index in [2.05, 4.69) is 60.6 Å². The van der Waals surface area contributed by atoms with Gasteiger partial charge in [0.25, 0.3) is 11.8 Å². The summed E-state index contributed by atoms with van der Waals surface area (Å²) in [6.45, 7) is 10.2. The highest BCUT2D eigenvalue weighted by atomic mass is 16.5. The quantitative estimate of drug-likeness (QED) is 0.469. The molecule has 1 saturated carbocycles. The van der Waals surface area contributed by atoms with Crippen LogP contribution in [0.4, 0.5) is 5.69 Å². The van der Waals surface area contributed by atoms with Crippen molar-refractivity contribution in [3.63, 3.8) is 0 Å². The lowest BCUT2D eigenvalue weighted by Crippen LogP contribution is -2.58. The minimum absolute atomic E-state index is 0.0951. The molecule has 4 unspecified atom stereocenters. The molecule has 2 saturated heterocycles. The fraction of sp³-hybridized carbons (Fsp3) is 0.529. The lowest BCUT2D eigenvalue weighted by Gasteiger charge is -2.49. The predicted molar refractivity (Wildman–Crippen MR) is 162 cm³/mol. The van der Waals surface area contributed by atoms with E-state index in [1.165, 1.54) is 24.8 Å². The molecule has 228 valence electrons. The molecule has 0 bridgehead atoms. The van der Waals surface area contributed by atoms with Crippen molar-refractivity contribution in [2.75, 3.05) is 25.1 Å². The number of nitrogens with one attached hydrogen (secondary N) is 2. The Morgan fingerprint density at radius 3 is 2.47 bits per heavy atom. The summed E-state index contributed by atoms with van der Waals surface area (Å²) in [6.07, 6.45) is 5.02. The molecule has 4 aliphatic rings. The van der Waals surface area contributed by atoms with Crippen molar-refractivity contribution in [2.24, 2.45) is 11.8 Å². The molecule has 3 heterocycles. The number of anilines is 1. The van der Waals surface area contributed by atoms with Crippen molar-refractivity contribution >= 4 is 29.3 Å². The molecular formula is C34H42N4O5. The number of hydrogen-bond donors (Lipinski definition) is 2. The number of carbonyl (C=O) groups is 4. The molecule has 9 nitrogen and oxygen atoms in total. The number of nitrogens with zero attached hydrogens (tertiary/aromatic N) is 2. The zero-order valence-electron chi connectivity index (χ0n) is 25.4. The van der Waals surface area contributed by atoms with Crippen molar-refractivity contribution in [1.82, 2.24) is 15.1 Å². The van der Waals surface area contributed by atoms with E-state index in [1.54, 1.807) is 18.2 Å². The van der Waals surface area contributed by atoms with Crippen molar-refractivity contribution in [1.29, 1.82) is 0 Å². The summed E-state index contributed by atoms with van der Waals surface area (Å²) in [7, 11) is 0. The maximum absolute atomic E-state index is 13.4. The largest absolute Gasteiger partial charge is 0.380 e. The Hall–Kier alpha value is -3.56. The van der Waals surface area contributed by atoms with Gasteiger partial charge in [-0.3, -0.25) is 34.3 Å². The number of carbonyl (C=O) groups excluding carboxylic acids is 4. The van der Waals surface area contributed by atoms with Gasteiger partial charge >= 0.3 is 0 Å². The van der Waals surface area contributed by atoms with Crippen LogP contribution in [0.2, 0.25) is 0 Å². The van der Waals surface area contributed by atoms with E-state index in [9.17, 15) is 19.2 Å². The van der Waals surface area contributed by atoms with E-state index in [4.69, 9.17) is 4.74 Å². The van der Waals surface area contributed by atoms with Gasteiger partial charge in [-0.2, -0.15) is 0 Å². The average molecular weight is 587 g/mol. The van der Waals surface area contributed by atoms with Crippen molar-refractivity contribution in [2.45, 2.75) is 83.5 Å². The summed E-state index contributed by atoms with van der Waals surface area (Å²) in [5.74, 6) is -0.663. The van der Waals surface area contributed by atoms with Gasteiger partial charge in [-0.15, -0.1) is 0 Å². The molecule has 4 amide bonds. The Labute approximate surface area is 253 Å². The number of morpholine rings is 1. The average Bonchev–Trinajstić information content (AvgIpc) is 3.23. The van der Waals surface area contributed by atoms with Crippen LogP contribution in [0.25, 0.3) is 0 Å². The highest BCUT2D eigenvalue weighted by Crippen LogP contribution is 2.38. The van der Waals surface area contributed by atoms with Crippen molar-refractivity contribution in [3.05, 3.63) is 64.7 Å². The smallest absolute Gasteiger partial charge is 0.264 e. The first-order chi connectivity index (χ1) is 20.6. The third-order valence-electron chi connectivity index (χ3n) is 9.94. The third kappa shape index (κ3) is 5.85. The summed E-state index contributed by atoms with van der Waals surface area (Å²) in [4.78, 5) is 54.1. The first-order valence-corrected chi connectivity index (χ1v) is 15.6. The molecule has 0 spiro atoms. The Kier molecular flexibility index (Phi) is 8.13. The maximum Gasteiger partial charge on any atom is 0.264 e. The molecule has 0 radical (unpaired) electrons. The number of benzene rings is 2. The summed E-state index contributed by atoms with van der Waals surface area (Å²) in [5.41, 5.74) is 3.63. The van der Waals surface area contributed by atoms with Gasteiger partial charge in [-0.1, -0.05) is 37.3 Å². The fourth-order valence-electron chi connectivity index (χ4n) is 7.52. The Bertz CT molecular complexity index is 1420. The van der Waals surface area contributed by atoms with Gasteiger partial charge in [0.2, 0.25) is 11.8 Å². The standard InChI is InChI=1S/C34H42N4O5/c1-21-17-25(37-15-16-43-20-34(37,2)3)12-11-24(21)18-22-7-9-23(10-8-22)19-35-27-6-4-5-26-30(27)33(42)38(32(26)41)28-13-14-29(39)36-31(28)40/h4-10,21,24-25,28,35H,11-20H2,1-3H3,(H,36,39,40). The Morgan fingerprint density at radius 2 is 1.74 bits per heavy atom. The fourth-order valence-corrected chi connectivity index (χ4v) is 7.52. The molecule has 3 fully saturated rings. The first-order valence-electron chi connectivity index (χ1n) is 15.6. The molecule has 2 N–H and O–H groups in total. The lowest BCUT2D eigenvalue weighted by molar-refractivity contribution is -0.136. The molecule has 4 atom stereocenters. The highest BCUT2D eigenvalue weighted by molar-refractivity contribution is 6.25. The van der Waals surface area contributed by atoms with Crippen LogP contribution in [-0.2, 0) is 27.3 Å². The highest BCUT2D eigenvalue weighted by Gasteiger charge is 2.45. The van der Waals surface area contributed by atoms with Crippen LogP contribution in [0, 0.1) is 11.8 Å². The Morgan fingerprint density at radius 1 is 0.977 bits per heavy atom. The third-order valence-corrected chi connectivity index (χ3v) is 9.94. The van der Waals surface area contributed by atoms with E-state index in [1.807, 2.05) is 0 Å². The Balaban J connectivity index is 1.06. The van der Waals surface area contributed by atoms with Gasteiger partial charge < -0.3 is 10.1 Å². The summed E-state index contributed by atoms with van der Waals surface area (Å²) < 4.78 is 5.75. The number of amides is 4. The number of fused-ring (bicyclic) bond motifs is 1. The molecule has 2 aromatic rings. The molecular weight excluding hydrogens is 544 g/mol. The lowest BCUT2D eigenvalue weighted by atomic mass is 9.74. The van der Waals surface area contributed by atoms with Gasteiger partial charge in [0, 0.05) is 36.8 Å². The minimum atomic E-state index is -0.977. The van der Waals surface area contributed by atoms with Crippen LogP contribution in [0.1, 0.15) is 84.7 Å². The number of hydrogen-bond acceptors (Lipinski definition) is 7. The van der Waals surface area contributed by atoms with Crippen LogP contribution in [0.5, 0.6) is 0 Å². The molecule has 43 heavy (non-hydrogen) atoms. The maximum atomic E-state index is 13.4. The van der Waals surface area contributed by atoms with E-state index in [0.29, 0.717) is 30.1 Å². The van der Waals surface area contributed by atoms with Crippen LogP contribution in [-0.4, -0.2) is 70.8 Å². The van der Waals surface area contributed by atoms with Crippen LogP contribution in [0.15, 0.2) is 42.5 Å². The topological polar surface area (TPSA) is 108 Å². The van der Waals surface area contributed by atoms with Crippen molar-refractivity contribution in [3.8, 4) is 0 Å². The summed E-state index contributed by atoms with van der Waals surface area (Å²) >= 11 is 0. The van der Waals surface area contributed by atoms with Crippen LogP contribution >= 0.6 is 0 Å². The van der Waals surface area contributed by atoms with Gasteiger partial charge in [-0.25, -0.2) is 0 Å². The molecule has 9 heteroatoms. The zero-order valence-corrected chi connectivity index (χ0v) is 25.4. The van der Waals surface area contributed by atoms with E-state index in [0.717, 1.165) is 36.6 Å². The summed E-state index contributed by atoms with van der Waals surface area (Å²) in [6, 6.07) is 13.4. The summed E-state index contributed by atoms with van der Waals surface area (Å²) in [5, 5.41) is 5.58. The van der Waals surface area contributed by atoms with E-state index in [-0.39, 0.29) is 35.4 Å². The number of rotatable bonds is 7. The first kappa shape index (κ1) is 29.5. The minimum Gasteiger partial charge on any atom is -0.380 e. The van der Waals surface area contributed by atoms with Gasteiger partial charge in [-0.05, 0) is 81.0 Å². The van der Waals surface area contributed by atoms with Crippen molar-refractivity contribution < 1.29 is 23.9 Å². The van der Waals surface area contributed by atoms with Gasteiger partial charge in [0.1, 0.15) is 6.04 Å². The molecule has 1 aliphatic carbocycles. The molecule has 0 aromatic heterocycles. The molecule has 2 aromatic carbocycles. The van der Waals surface area contributed by atoms with Crippen LogP contribution < -0.4 is 10.6 Å². The monoisotopic (exact) mass is 586 g/mol. The number of imide groups is 2. The van der Waals surface area contributed by atoms with Gasteiger partial charge in [0.05, 0.1) is 24.3 Å². The second kappa shape index (κ2) is 11.8. The zero-order chi connectivity index (χ0) is 30.3. The van der Waals surface area contributed by atoms with Gasteiger partial charge in [0.15, 0.2) is 0 Å². The number of piperidine rings is 1. The molecule has 6 rings (SSSR count). The van der Waals surface area contributed by atoms with E-state index < -0.39 is 23.8 Å². The SMILES string of the molecule is CC1CC(N2CCOCC2(C)C)CCC1Cc1ccc(CNc2cccc3c2C(=O)N(C2CCC(=O)NC2=O)C3=O)cc1. The normalized spacial score (nSPS) is 27.7. The number of ether oxygens (including phenoxy) is 1. The predicted octanol–water partition coefficient (Wildman–Crippen LogP) is 4.16.